The average molecular weight is 571 g/mol. The molecule has 0 N–H and O–H groups in total. The molecule has 0 saturated carbocycles. The van der Waals surface area contributed by atoms with E-state index in [1.807, 2.05) is 0 Å². The van der Waals surface area contributed by atoms with Gasteiger partial charge in [0.25, 0.3) is 0 Å². The Bertz CT molecular complexity index is 2240. The maximum Gasteiger partial charge on any atom is 0.0530 e. The fraction of sp³-hybridized carbons (Fsp3) is 0.415. The summed E-state index contributed by atoms with van der Waals surface area (Å²) in [6.07, 6.45) is 0.942. The van der Waals surface area contributed by atoms with Gasteiger partial charge in [0.2, 0.25) is 0 Å². The molecular weight excluding hydrogens is 520 g/mol. The third-order valence-electron chi connectivity index (χ3n) is 12.4. The number of rotatable bonds is 2. The van der Waals surface area contributed by atoms with Gasteiger partial charge in [-0.25, -0.2) is 0 Å². The van der Waals surface area contributed by atoms with Gasteiger partial charge in [-0.2, -0.15) is 0 Å². The molecule has 4 aromatic carbocycles. The minimum Gasteiger partial charge on any atom is -0.343 e. The normalized spacial score (nSPS) is 12.3. The summed E-state index contributed by atoms with van der Waals surface area (Å²) in [5.74, 6) is 0. The molecule has 0 radical (unpaired) electrons. The van der Waals surface area contributed by atoms with Gasteiger partial charge in [-0.1, -0.05) is 0 Å². The lowest BCUT2D eigenvalue weighted by Gasteiger charge is -2.20. The summed E-state index contributed by atoms with van der Waals surface area (Å²) >= 11 is 0. The monoisotopic (exact) mass is 570 g/mol. The quantitative estimate of drug-likeness (QED) is 0.196. The lowest BCUT2D eigenvalue weighted by atomic mass is 9.84. The van der Waals surface area contributed by atoms with Crippen LogP contribution in [-0.4, -0.2) is 9.13 Å². The predicted octanol–water partition coefficient (Wildman–Crippen LogP) is 10.9. The smallest absolute Gasteiger partial charge is 0.0530 e. The molecule has 0 unspecified atom stereocenters. The van der Waals surface area contributed by atoms with Crippen molar-refractivity contribution in [3.05, 3.63) is 89.0 Å². The van der Waals surface area contributed by atoms with Gasteiger partial charge in [-0.15, -0.1) is 0 Å². The third-order valence-corrected chi connectivity index (χ3v) is 12.4. The highest BCUT2D eigenvalue weighted by Crippen LogP contribution is 2.45. The van der Waals surface area contributed by atoms with E-state index >= 15 is 0 Å². The molecule has 0 aliphatic heterocycles. The largest absolute Gasteiger partial charge is 0.343 e. The van der Waals surface area contributed by atoms with Crippen LogP contribution in [0.25, 0.3) is 43.6 Å². The van der Waals surface area contributed by atoms with E-state index in [1.165, 1.54) is 133 Å². The number of hydrogen-bond donors (Lipinski definition) is 0. The van der Waals surface area contributed by atoms with Crippen LogP contribution in [0.3, 0.4) is 0 Å². The first-order valence-corrected chi connectivity index (χ1v) is 16.0. The lowest BCUT2D eigenvalue weighted by molar-refractivity contribution is 0.977. The minimum absolute atomic E-state index is 0.942. The van der Waals surface area contributed by atoms with Crippen molar-refractivity contribution in [3.8, 4) is 0 Å². The zero-order valence-electron chi connectivity index (χ0n) is 29.6. The van der Waals surface area contributed by atoms with Gasteiger partial charge in [0.15, 0.2) is 0 Å². The highest BCUT2D eigenvalue weighted by molar-refractivity contribution is 6.16. The van der Waals surface area contributed by atoms with Gasteiger partial charge in [-0.05, 0) is 186 Å². The summed E-state index contributed by atoms with van der Waals surface area (Å²) < 4.78 is 5.01. The third kappa shape index (κ3) is 3.53. The number of nitrogens with zero attached hydrogens (tertiary/aromatic N) is 2. The van der Waals surface area contributed by atoms with Crippen molar-refractivity contribution in [2.75, 3.05) is 0 Å². The Morgan fingerprint density at radius 1 is 0.279 bits per heavy atom. The van der Waals surface area contributed by atoms with Crippen molar-refractivity contribution in [2.24, 2.45) is 14.1 Å². The Balaban J connectivity index is 1.78. The second kappa shape index (κ2) is 9.49. The Morgan fingerprint density at radius 3 is 1.00 bits per heavy atom. The SMILES string of the molecule is Cc1c(C)c(C)c2c(c1C)c1c(C)c(Cc3c(C)c(C)c(C)c4c5c(C)c(C)c(C)c(C)c5n(C)c34)c(C)c(C)c1n2C. The van der Waals surface area contributed by atoms with Crippen LogP contribution < -0.4 is 0 Å². The molecule has 224 valence electrons. The Labute approximate surface area is 258 Å². The van der Waals surface area contributed by atoms with E-state index in [0.29, 0.717) is 0 Å². The van der Waals surface area contributed by atoms with E-state index in [2.05, 4.69) is 120 Å². The van der Waals surface area contributed by atoms with E-state index in [1.54, 1.807) is 0 Å². The molecule has 0 aliphatic rings. The van der Waals surface area contributed by atoms with Gasteiger partial charge in [-0.3, -0.25) is 0 Å². The summed E-state index contributed by atoms with van der Waals surface area (Å²) in [5.41, 5.74) is 28.5. The molecule has 2 heterocycles. The topological polar surface area (TPSA) is 9.86 Å². The first kappa shape index (κ1) is 29.5. The molecule has 0 saturated heterocycles. The van der Waals surface area contributed by atoms with E-state index < -0.39 is 0 Å². The number of benzene rings is 4. The van der Waals surface area contributed by atoms with Crippen LogP contribution >= 0.6 is 0 Å². The Morgan fingerprint density at radius 2 is 0.558 bits per heavy atom. The number of hydrogen-bond acceptors (Lipinski definition) is 0. The molecule has 2 nitrogen and oxygen atoms in total. The molecule has 0 fully saturated rings. The van der Waals surface area contributed by atoms with Gasteiger partial charge < -0.3 is 9.13 Å². The van der Waals surface area contributed by atoms with Gasteiger partial charge >= 0.3 is 0 Å². The van der Waals surface area contributed by atoms with Gasteiger partial charge in [0.1, 0.15) is 0 Å². The van der Waals surface area contributed by atoms with E-state index in [0.717, 1.165) is 6.42 Å². The molecule has 0 amide bonds. The zero-order valence-corrected chi connectivity index (χ0v) is 29.6. The Kier molecular flexibility index (Phi) is 6.52. The zero-order chi connectivity index (χ0) is 31.7. The predicted molar refractivity (Wildman–Crippen MR) is 190 cm³/mol. The van der Waals surface area contributed by atoms with Crippen molar-refractivity contribution >= 4 is 43.6 Å². The average Bonchev–Trinajstić information content (AvgIpc) is 3.46. The maximum absolute atomic E-state index is 2.53. The molecule has 0 atom stereocenters. The van der Waals surface area contributed by atoms with Gasteiger partial charge in [0, 0.05) is 42.1 Å². The number of fused-ring (bicyclic) bond motifs is 6. The summed E-state index contributed by atoms with van der Waals surface area (Å²) in [5, 5.41) is 5.80. The van der Waals surface area contributed by atoms with Crippen LogP contribution in [0.4, 0.5) is 0 Å². The maximum atomic E-state index is 2.53. The van der Waals surface area contributed by atoms with Crippen LogP contribution in [0.2, 0.25) is 0 Å². The molecule has 2 aromatic heterocycles. The molecule has 0 spiro atoms. The van der Waals surface area contributed by atoms with Crippen molar-refractivity contribution < 1.29 is 0 Å². The fourth-order valence-corrected chi connectivity index (χ4v) is 8.72. The second-order valence-electron chi connectivity index (χ2n) is 13.9. The molecule has 0 aliphatic carbocycles. The number of aromatic nitrogens is 2. The van der Waals surface area contributed by atoms with Gasteiger partial charge in [0.05, 0.1) is 22.1 Å². The summed E-state index contributed by atoms with van der Waals surface area (Å²) in [4.78, 5) is 0. The van der Waals surface area contributed by atoms with E-state index in [9.17, 15) is 0 Å². The first-order chi connectivity index (χ1) is 20.1. The highest BCUT2D eigenvalue weighted by Gasteiger charge is 2.26. The standard InChI is InChI=1S/C41H50N2/c1-18-21(4)29(12)39-34(25(18)8)36-27(10)22(5)23(6)33(41(36)43(39)16)17-32-24(7)30(13)40-37(31(32)14)35-26(9)19(2)20(3)28(11)38(35)42(40)15/h17H2,1-16H3. The first-order valence-electron chi connectivity index (χ1n) is 16.0. The van der Waals surface area contributed by atoms with Crippen LogP contribution in [0.15, 0.2) is 0 Å². The number of aryl methyl sites for hydroxylation is 9. The molecule has 6 rings (SSSR count). The van der Waals surface area contributed by atoms with Crippen LogP contribution in [0.5, 0.6) is 0 Å². The summed E-state index contributed by atoms with van der Waals surface area (Å²) in [6.45, 7) is 32.6. The van der Waals surface area contributed by atoms with Crippen molar-refractivity contribution in [2.45, 2.75) is 103 Å². The van der Waals surface area contributed by atoms with Crippen molar-refractivity contribution in [3.63, 3.8) is 0 Å². The van der Waals surface area contributed by atoms with Crippen LogP contribution in [-0.2, 0) is 20.5 Å². The molecule has 0 bridgehead atoms. The molecule has 2 heteroatoms. The van der Waals surface area contributed by atoms with Crippen LogP contribution in [0.1, 0.15) is 89.0 Å². The minimum atomic E-state index is 0.942. The second-order valence-corrected chi connectivity index (χ2v) is 13.9. The lowest BCUT2D eigenvalue weighted by Crippen LogP contribution is -2.06. The van der Waals surface area contributed by atoms with E-state index in [4.69, 9.17) is 0 Å². The van der Waals surface area contributed by atoms with Crippen molar-refractivity contribution in [1.82, 2.24) is 9.13 Å². The summed E-state index contributed by atoms with van der Waals surface area (Å²) in [6, 6.07) is 0. The molecule has 43 heavy (non-hydrogen) atoms. The molecule has 6 aromatic rings. The summed E-state index contributed by atoms with van der Waals surface area (Å²) in [7, 11) is 4.58. The molecular formula is C41H50N2. The Hall–Kier alpha value is -3.52. The van der Waals surface area contributed by atoms with Crippen LogP contribution in [0, 0.1) is 96.9 Å². The highest BCUT2D eigenvalue weighted by atomic mass is 15.0. The fourth-order valence-electron chi connectivity index (χ4n) is 8.72. The van der Waals surface area contributed by atoms with E-state index in [-0.39, 0.29) is 0 Å². The van der Waals surface area contributed by atoms with Crippen molar-refractivity contribution in [1.29, 1.82) is 0 Å².